The summed E-state index contributed by atoms with van der Waals surface area (Å²) in [6, 6.07) is 0. The molecule has 96 valence electrons. The summed E-state index contributed by atoms with van der Waals surface area (Å²) in [5.74, 6) is 0.743. The van der Waals surface area contributed by atoms with Gasteiger partial charge in [0.2, 0.25) is 0 Å². The molecule has 2 nitrogen and oxygen atoms in total. The van der Waals surface area contributed by atoms with E-state index in [2.05, 4.69) is 32.7 Å². The first-order valence-corrected chi connectivity index (χ1v) is 6.60. The van der Waals surface area contributed by atoms with E-state index < -0.39 is 0 Å². The first-order valence-electron chi connectivity index (χ1n) is 6.60. The van der Waals surface area contributed by atoms with Crippen molar-refractivity contribution in [3.8, 4) is 0 Å². The van der Waals surface area contributed by atoms with Gasteiger partial charge in [0.15, 0.2) is 0 Å². The van der Waals surface area contributed by atoms with Crippen molar-refractivity contribution in [2.75, 3.05) is 19.7 Å². The molecule has 0 rings (SSSR count). The Hall–Kier alpha value is -0.340. The maximum atomic E-state index is 5.70. The number of hydrogen-bond donors (Lipinski definition) is 1. The van der Waals surface area contributed by atoms with Crippen molar-refractivity contribution in [1.82, 2.24) is 5.32 Å². The zero-order chi connectivity index (χ0) is 12.2. The Balaban J connectivity index is 3.17. The molecule has 0 aliphatic rings. The average molecular weight is 227 g/mol. The fourth-order valence-corrected chi connectivity index (χ4v) is 1.50. The van der Waals surface area contributed by atoms with E-state index in [1.165, 1.54) is 6.42 Å². The average Bonchev–Trinajstić information content (AvgIpc) is 2.23. The summed E-state index contributed by atoms with van der Waals surface area (Å²) in [6.45, 7) is 13.4. The van der Waals surface area contributed by atoms with Crippen LogP contribution < -0.4 is 5.32 Å². The van der Waals surface area contributed by atoms with E-state index in [1.807, 2.05) is 6.08 Å². The van der Waals surface area contributed by atoms with Gasteiger partial charge in [-0.1, -0.05) is 19.9 Å². The Bertz CT molecular complexity index is 157. The van der Waals surface area contributed by atoms with E-state index in [0.717, 1.165) is 44.9 Å². The third kappa shape index (κ3) is 11.7. The lowest BCUT2D eigenvalue weighted by molar-refractivity contribution is 0.0578. The van der Waals surface area contributed by atoms with E-state index in [-0.39, 0.29) is 0 Å². The number of rotatable bonds is 11. The van der Waals surface area contributed by atoms with Crippen LogP contribution in [0.4, 0.5) is 0 Å². The molecule has 2 heteroatoms. The maximum absolute atomic E-state index is 5.70. The topological polar surface area (TPSA) is 21.3 Å². The van der Waals surface area contributed by atoms with Crippen molar-refractivity contribution in [3.63, 3.8) is 0 Å². The van der Waals surface area contributed by atoms with Crippen LogP contribution in [0.15, 0.2) is 12.7 Å². The Labute approximate surface area is 101 Å². The van der Waals surface area contributed by atoms with Crippen LogP contribution in [0.2, 0.25) is 0 Å². The van der Waals surface area contributed by atoms with Gasteiger partial charge in [0.25, 0.3) is 0 Å². The minimum absolute atomic E-state index is 0.394. The molecule has 0 aromatic rings. The lowest BCUT2D eigenvalue weighted by atomic mass is 10.2. The van der Waals surface area contributed by atoms with Crippen LogP contribution in [0.3, 0.4) is 0 Å². The van der Waals surface area contributed by atoms with Gasteiger partial charge in [-0.25, -0.2) is 0 Å². The van der Waals surface area contributed by atoms with E-state index in [4.69, 9.17) is 4.74 Å². The summed E-state index contributed by atoms with van der Waals surface area (Å²) in [5.41, 5.74) is 0. The van der Waals surface area contributed by atoms with E-state index >= 15 is 0 Å². The molecule has 1 unspecified atom stereocenters. The first kappa shape index (κ1) is 15.7. The second kappa shape index (κ2) is 11.2. The van der Waals surface area contributed by atoms with Gasteiger partial charge in [0.05, 0.1) is 6.10 Å². The van der Waals surface area contributed by atoms with Crippen LogP contribution >= 0.6 is 0 Å². The predicted octanol–water partition coefficient (Wildman–Crippen LogP) is 3.38. The summed E-state index contributed by atoms with van der Waals surface area (Å²) in [7, 11) is 0. The lowest BCUT2D eigenvalue weighted by Crippen LogP contribution is -2.22. The lowest BCUT2D eigenvalue weighted by Gasteiger charge is -2.13. The third-order valence-corrected chi connectivity index (χ3v) is 2.47. The van der Waals surface area contributed by atoms with Crippen LogP contribution in [-0.2, 0) is 4.74 Å². The molecule has 0 saturated carbocycles. The molecule has 0 spiro atoms. The molecule has 1 atom stereocenters. The molecule has 1 N–H and O–H groups in total. The van der Waals surface area contributed by atoms with E-state index in [0.29, 0.717) is 6.10 Å². The van der Waals surface area contributed by atoms with Crippen molar-refractivity contribution >= 4 is 0 Å². The van der Waals surface area contributed by atoms with Crippen LogP contribution in [0.5, 0.6) is 0 Å². The standard InChI is InChI=1S/C14H29NO/c1-5-6-7-11-16-14(4)9-8-10-15-12-13(2)3/h5,13-15H,1,6-12H2,2-4H3. The van der Waals surface area contributed by atoms with Gasteiger partial charge in [0, 0.05) is 6.61 Å². The molecule has 0 amide bonds. The fraction of sp³-hybridized carbons (Fsp3) is 0.857. The molecule has 0 aliphatic carbocycles. The first-order chi connectivity index (χ1) is 7.66. The summed E-state index contributed by atoms with van der Waals surface area (Å²) >= 11 is 0. The van der Waals surface area contributed by atoms with Gasteiger partial charge in [-0.05, 0) is 51.6 Å². The summed E-state index contributed by atoms with van der Waals surface area (Å²) in [5, 5.41) is 3.45. The summed E-state index contributed by atoms with van der Waals surface area (Å²) in [4.78, 5) is 0. The molecular formula is C14H29NO. The van der Waals surface area contributed by atoms with E-state index in [1.54, 1.807) is 0 Å². The number of unbranched alkanes of at least 4 members (excludes halogenated alkanes) is 1. The van der Waals surface area contributed by atoms with Crippen LogP contribution in [0.1, 0.15) is 46.5 Å². The largest absolute Gasteiger partial charge is 0.378 e. The Morgan fingerprint density at radius 2 is 2.00 bits per heavy atom. The van der Waals surface area contributed by atoms with Crippen LogP contribution in [-0.4, -0.2) is 25.8 Å². The fourth-order valence-electron chi connectivity index (χ4n) is 1.50. The van der Waals surface area contributed by atoms with E-state index in [9.17, 15) is 0 Å². The van der Waals surface area contributed by atoms with Gasteiger partial charge >= 0.3 is 0 Å². The minimum atomic E-state index is 0.394. The number of ether oxygens (including phenoxy) is 1. The monoisotopic (exact) mass is 227 g/mol. The second-order valence-electron chi connectivity index (χ2n) is 4.85. The predicted molar refractivity (Wildman–Crippen MR) is 71.8 cm³/mol. The van der Waals surface area contributed by atoms with Crippen molar-refractivity contribution in [2.45, 2.75) is 52.6 Å². The molecule has 0 radical (unpaired) electrons. The highest BCUT2D eigenvalue weighted by molar-refractivity contribution is 4.65. The SMILES string of the molecule is C=CCCCOC(C)CCCNCC(C)C. The molecule has 0 fully saturated rings. The highest BCUT2D eigenvalue weighted by Gasteiger charge is 2.01. The van der Waals surface area contributed by atoms with Crippen molar-refractivity contribution in [2.24, 2.45) is 5.92 Å². The van der Waals surface area contributed by atoms with Gasteiger partial charge in [0.1, 0.15) is 0 Å². The van der Waals surface area contributed by atoms with Gasteiger partial charge in [-0.15, -0.1) is 6.58 Å². The highest BCUT2D eigenvalue weighted by Crippen LogP contribution is 2.02. The normalized spacial score (nSPS) is 13.0. The van der Waals surface area contributed by atoms with Crippen LogP contribution in [0.25, 0.3) is 0 Å². The zero-order valence-electron chi connectivity index (χ0n) is 11.3. The molecule has 0 heterocycles. The third-order valence-electron chi connectivity index (χ3n) is 2.47. The Morgan fingerprint density at radius 3 is 2.62 bits per heavy atom. The second-order valence-corrected chi connectivity index (χ2v) is 4.85. The van der Waals surface area contributed by atoms with Crippen molar-refractivity contribution < 1.29 is 4.74 Å². The number of nitrogens with one attached hydrogen (secondary N) is 1. The van der Waals surface area contributed by atoms with Gasteiger partial charge < -0.3 is 10.1 Å². The Morgan fingerprint density at radius 1 is 1.25 bits per heavy atom. The van der Waals surface area contributed by atoms with Crippen molar-refractivity contribution in [1.29, 1.82) is 0 Å². The molecule has 0 saturated heterocycles. The van der Waals surface area contributed by atoms with Gasteiger partial charge in [-0.3, -0.25) is 0 Å². The Kier molecular flexibility index (Phi) is 10.9. The minimum Gasteiger partial charge on any atom is -0.378 e. The molecule has 0 aromatic carbocycles. The van der Waals surface area contributed by atoms with Crippen LogP contribution in [0, 0.1) is 5.92 Å². The molecule has 0 aliphatic heterocycles. The summed E-state index contributed by atoms with van der Waals surface area (Å²) < 4.78 is 5.70. The van der Waals surface area contributed by atoms with Crippen molar-refractivity contribution in [3.05, 3.63) is 12.7 Å². The number of allylic oxidation sites excluding steroid dienone is 1. The number of hydrogen-bond acceptors (Lipinski definition) is 2. The summed E-state index contributed by atoms with van der Waals surface area (Å²) in [6.07, 6.45) is 6.85. The quantitative estimate of drug-likeness (QED) is 0.431. The van der Waals surface area contributed by atoms with Gasteiger partial charge in [-0.2, -0.15) is 0 Å². The maximum Gasteiger partial charge on any atom is 0.0547 e. The molecular weight excluding hydrogens is 198 g/mol. The smallest absolute Gasteiger partial charge is 0.0547 e. The molecule has 0 bridgehead atoms. The highest BCUT2D eigenvalue weighted by atomic mass is 16.5. The zero-order valence-corrected chi connectivity index (χ0v) is 11.3. The molecule has 0 aromatic heterocycles. The molecule has 16 heavy (non-hydrogen) atoms.